The Kier molecular flexibility index (Phi) is 5.65. The summed E-state index contributed by atoms with van der Waals surface area (Å²) >= 11 is 0. The predicted octanol–water partition coefficient (Wildman–Crippen LogP) is 2.00. The molecular formula is C14H22N2O2. The topological polar surface area (TPSA) is 64.3 Å². The van der Waals surface area contributed by atoms with E-state index in [0.29, 0.717) is 12.3 Å². The number of nitrogens with one attached hydrogen (secondary N) is 1. The van der Waals surface area contributed by atoms with Crippen molar-refractivity contribution >= 4 is 5.91 Å². The van der Waals surface area contributed by atoms with E-state index in [1.165, 1.54) is 0 Å². The van der Waals surface area contributed by atoms with Gasteiger partial charge in [-0.3, -0.25) is 4.79 Å². The number of nitrogens with two attached hydrogens (primary N) is 1. The van der Waals surface area contributed by atoms with Crippen LogP contribution in [0.3, 0.4) is 0 Å². The highest BCUT2D eigenvalue weighted by molar-refractivity contribution is 5.80. The minimum absolute atomic E-state index is 0.101. The van der Waals surface area contributed by atoms with E-state index in [1.54, 1.807) is 6.92 Å². The van der Waals surface area contributed by atoms with E-state index in [9.17, 15) is 4.79 Å². The van der Waals surface area contributed by atoms with E-state index in [1.807, 2.05) is 38.1 Å². The number of rotatable bonds is 6. The van der Waals surface area contributed by atoms with Crippen LogP contribution in [-0.2, 0) is 4.79 Å². The monoisotopic (exact) mass is 250 g/mol. The lowest BCUT2D eigenvalue weighted by Crippen LogP contribution is -2.36. The first kappa shape index (κ1) is 14.5. The molecule has 0 saturated carbocycles. The third-order valence-electron chi connectivity index (χ3n) is 2.63. The van der Waals surface area contributed by atoms with Crippen molar-refractivity contribution in [1.82, 2.24) is 5.32 Å². The van der Waals surface area contributed by atoms with Crippen LogP contribution in [0.2, 0.25) is 0 Å². The lowest BCUT2D eigenvalue weighted by molar-refractivity contribution is -0.127. The third kappa shape index (κ3) is 4.04. The van der Waals surface area contributed by atoms with Crippen molar-refractivity contribution in [2.45, 2.75) is 39.3 Å². The molecule has 0 radical (unpaired) electrons. The van der Waals surface area contributed by atoms with Gasteiger partial charge in [0.05, 0.1) is 0 Å². The van der Waals surface area contributed by atoms with Crippen molar-refractivity contribution in [2.75, 3.05) is 6.54 Å². The molecule has 0 fully saturated rings. The lowest BCUT2D eigenvalue weighted by atomic mass is 10.1. The molecule has 0 aliphatic rings. The average Bonchev–Trinajstić information content (AvgIpc) is 2.36. The van der Waals surface area contributed by atoms with Crippen LogP contribution in [0.15, 0.2) is 24.3 Å². The molecule has 0 aliphatic heterocycles. The van der Waals surface area contributed by atoms with Crippen LogP contribution in [0.4, 0.5) is 0 Å². The first-order valence-corrected chi connectivity index (χ1v) is 6.35. The molecule has 0 saturated heterocycles. The highest BCUT2D eigenvalue weighted by atomic mass is 16.5. The molecule has 0 spiro atoms. The summed E-state index contributed by atoms with van der Waals surface area (Å²) in [6.45, 7) is 6.31. The van der Waals surface area contributed by atoms with E-state index in [4.69, 9.17) is 10.5 Å². The quantitative estimate of drug-likeness (QED) is 0.811. The summed E-state index contributed by atoms with van der Waals surface area (Å²) < 4.78 is 5.67. The molecule has 1 amide bonds. The summed E-state index contributed by atoms with van der Waals surface area (Å²) in [5, 5.41) is 2.81. The smallest absolute Gasteiger partial charge is 0.260 e. The summed E-state index contributed by atoms with van der Waals surface area (Å²) in [6.07, 6.45) is 0.394. The maximum atomic E-state index is 11.7. The van der Waals surface area contributed by atoms with E-state index in [2.05, 4.69) is 5.32 Å². The standard InChI is InChI=1S/C14H22N2O2/c1-4-9-16-14(17)11(3)18-13-8-6-5-7-12(13)10(2)15/h5-8,10-11H,4,9,15H2,1-3H3,(H,16,17). The van der Waals surface area contributed by atoms with Crippen LogP contribution in [0.1, 0.15) is 38.8 Å². The number of hydrogen-bond donors (Lipinski definition) is 2. The molecule has 0 aromatic heterocycles. The van der Waals surface area contributed by atoms with Gasteiger partial charge in [-0.15, -0.1) is 0 Å². The summed E-state index contributed by atoms with van der Waals surface area (Å²) in [6, 6.07) is 7.41. The maximum Gasteiger partial charge on any atom is 0.260 e. The fraction of sp³-hybridized carbons (Fsp3) is 0.500. The van der Waals surface area contributed by atoms with Gasteiger partial charge in [0.15, 0.2) is 6.10 Å². The zero-order valence-corrected chi connectivity index (χ0v) is 11.3. The van der Waals surface area contributed by atoms with Gasteiger partial charge in [0.1, 0.15) is 5.75 Å². The zero-order chi connectivity index (χ0) is 13.5. The van der Waals surface area contributed by atoms with Crippen molar-refractivity contribution in [1.29, 1.82) is 0 Å². The zero-order valence-electron chi connectivity index (χ0n) is 11.3. The van der Waals surface area contributed by atoms with Crippen molar-refractivity contribution < 1.29 is 9.53 Å². The maximum absolute atomic E-state index is 11.7. The summed E-state index contributed by atoms with van der Waals surface area (Å²) in [5.74, 6) is 0.572. The molecule has 2 unspecified atom stereocenters. The van der Waals surface area contributed by atoms with Gasteiger partial charge in [0, 0.05) is 18.2 Å². The molecule has 0 heterocycles. The third-order valence-corrected chi connectivity index (χ3v) is 2.63. The second-order valence-corrected chi connectivity index (χ2v) is 4.38. The van der Waals surface area contributed by atoms with Gasteiger partial charge >= 0.3 is 0 Å². The highest BCUT2D eigenvalue weighted by Crippen LogP contribution is 2.24. The molecule has 3 N–H and O–H groups in total. The number of ether oxygens (including phenoxy) is 1. The fourth-order valence-electron chi connectivity index (χ4n) is 1.60. The van der Waals surface area contributed by atoms with Gasteiger partial charge in [-0.1, -0.05) is 25.1 Å². The van der Waals surface area contributed by atoms with Crippen molar-refractivity contribution in [2.24, 2.45) is 5.73 Å². The summed E-state index contributed by atoms with van der Waals surface area (Å²) in [5.41, 5.74) is 6.78. The predicted molar refractivity (Wildman–Crippen MR) is 72.4 cm³/mol. The molecule has 2 atom stereocenters. The Hall–Kier alpha value is -1.55. The molecule has 4 heteroatoms. The van der Waals surface area contributed by atoms with Crippen LogP contribution in [-0.4, -0.2) is 18.6 Å². The molecule has 0 aliphatic carbocycles. The van der Waals surface area contributed by atoms with Crippen molar-refractivity contribution in [3.63, 3.8) is 0 Å². The summed E-state index contributed by atoms with van der Waals surface area (Å²) in [4.78, 5) is 11.7. The Balaban J connectivity index is 2.69. The Morgan fingerprint density at radius 3 is 2.67 bits per heavy atom. The van der Waals surface area contributed by atoms with Gasteiger partial charge in [-0.25, -0.2) is 0 Å². The highest BCUT2D eigenvalue weighted by Gasteiger charge is 2.16. The first-order valence-electron chi connectivity index (χ1n) is 6.35. The van der Waals surface area contributed by atoms with Crippen LogP contribution in [0.25, 0.3) is 0 Å². The van der Waals surface area contributed by atoms with Gasteiger partial charge in [-0.2, -0.15) is 0 Å². The Labute approximate surface area is 109 Å². The SMILES string of the molecule is CCCNC(=O)C(C)Oc1ccccc1C(C)N. The van der Waals surface area contributed by atoms with Gasteiger partial charge in [-0.05, 0) is 26.3 Å². The number of carbonyl (C=O) groups is 1. The van der Waals surface area contributed by atoms with Crippen LogP contribution in [0, 0.1) is 0 Å². The van der Waals surface area contributed by atoms with Crippen molar-refractivity contribution in [3.05, 3.63) is 29.8 Å². The van der Waals surface area contributed by atoms with E-state index < -0.39 is 6.10 Å². The molecule has 1 rings (SSSR count). The number of para-hydroxylation sites is 1. The average molecular weight is 250 g/mol. The first-order chi connectivity index (χ1) is 8.56. The molecular weight excluding hydrogens is 228 g/mol. The Morgan fingerprint density at radius 2 is 2.06 bits per heavy atom. The van der Waals surface area contributed by atoms with Crippen LogP contribution < -0.4 is 15.8 Å². The van der Waals surface area contributed by atoms with E-state index >= 15 is 0 Å². The molecule has 1 aromatic carbocycles. The minimum atomic E-state index is -0.517. The molecule has 4 nitrogen and oxygen atoms in total. The van der Waals surface area contributed by atoms with Crippen LogP contribution in [0.5, 0.6) is 5.75 Å². The van der Waals surface area contributed by atoms with E-state index in [-0.39, 0.29) is 11.9 Å². The van der Waals surface area contributed by atoms with Gasteiger partial charge < -0.3 is 15.8 Å². The van der Waals surface area contributed by atoms with Gasteiger partial charge in [0.2, 0.25) is 0 Å². The lowest BCUT2D eigenvalue weighted by Gasteiger charge is -2.18. The molecule has 18 heavy (non-hydrogen) atoms. The number of benzene rings is 1. The van der Waals surface area contributed by atoms with Crippen LogP contribution >= 0.6 is 0 Å². The van der Waals surface area contributed by atoms with E-state index in [0.717, 1.165) is 12.0 Å². The second kappa shape index (κ2) is 7.01. The Bertz CT molecular complexity index is 391. The molecule has 100 valence electrons. The normalized spacial score (nSPS) is 13.8. The summed E-state index contributed by atoms with van der Waals surface area (Å²) in [7, 11) is 0. The molecule has 1 aromatic rings. The van der Waals surface area contributed by atoms with Gasteiger partial charge in [0.25, 0.3) is 5.91 Å². The fourth-order valence-corrected chi connectivity index (χ4v) is 1.60. The molecule has 0 bridgehead atoms. The van der Waals surface area contributed by atoms with Crippen molar-refractivity contribution in [3.8, 4) is 5.75 Å². The number of hydrogen-bond acceptors (Lipinski definition) is 3. The Morgan fingerprint density at radius 1 is 1.39 bits per heavy atom. The number of amides is 1. The number of carbonyl (C=O) groups excluding carboxylic acids is 1. The second-order valence-electron chi connectivity index (χ2n) is 4.38. The largest absolute Gasteiger partial charge is 0.481 e. The minimum Gasteiger partial charge on any atom is -0.481 e.